The molecule has 29 heavy (non-hydrogen) atoms. The lowest BCUT2D eigenvalue weighted by Crippen LogP contribution is -2.09. The van der Waals surface area contributed by atoms with Crippen LogP contribution in [-0.4, -0.2) is 35.3 Å². The number of methoxy groups -OCH3 is 2. The van der Waals surface area contributed by atoms with Crippen molar-refractivity contribution >= 4 is 11.7 Å². The monoisotopic (exact) mass is 399 g/mol. The fraction of sp³-hybridized carbons (Fsp3) is 0.211. The van der Waals surface area contributed by atoms with Gasteiger partial charge in [0, 0.05) is 11.6 Å². The molecule has 0 aliphatic rings. The minimum Gasteiger partial charge on any atom is -0.497 e. The summed E-state index contributed by atoms with van der Waals surface area (Å²) in [7, 11) is 3.03. The molecule has 0 saturated carbocycles. The van der Waals surface area contributed by atoms with Crippen molar-refractivity contribution in [1.82, 2.24) is 10.1 Å². The van der Waals surface area contributed by atoms with E-state index in [1.807, 2.05) is 0 Å². The van der Waals surface area contributed by atoms with Gasteiger partial charge in [0.15, 0.2) is 6.61 Å². The summed E-state index contributed by atoms with van der Waals surface area (Å²) in [6, 6.07) is 9.50. The average Bonchev–Trinajstić information content (AvgIpc) is 3.19. The number of rotatable bonds is 7. The number of hydrogen-bond acceptors (Lipinski definition) is 9. The van der Waals surface area contributed by atoms with E-state index in [0.717, 1.165) is 0 Å². The van der Waals surface area contributed by atoms with Gasteiger partial charge in [0.1, 0.15) is 17.1 Å². The number of nitrogens with zero attached hydrogens (tertiary/aromatic N) is 3. The fourth-order valence-electron chi connectivity index (χ4n) is 2.68. The number of aryl methyl sites for hydroxylation is 1. The number of carbonyl (C=O) groups excluding carboxylic acids is 1. The van der Waals surface area contributed by atoms with Crippen molar-refractivity contribution < 1.29 is 28.5 Å². The zero-order valence-corrected chi connectivity index (χ0v) is 15.9. The van der Waals surface area contributed by atoms with E-state index in [4.69, 9.17) is 18.7 Å². The lowest BCUT2D eigenvalue weighted by Gasteiger charge is -2.07. The summed E-state index contributed by atoms with van der Waals surface area (Å²) in [6.45, 7) is 1.21. The first-order chi connectivity index (χ1) is 13.9. The van der Waals surface area contributed by atoms with Gasteiger partial charge in [-0.3, -0.25) is 10.1 Å². The summed E-state index contributed by atoms with van der Waals surface area (Å²) in [5, 5.41) is 15.1. The highest BCUT2D eigenvalue weighted by Crippen LogP contribution is 2.31. The molecular weight excluding hydrogens is 382 g/mol. The van der Waals surface area contributed by atoms with Crippen molar-refractivity contribution in [1.29, 1.82) is 0 Å². The molecular formula is C19H17N3O7. The second kappa shape index (κ2) is 8.38. The van der Waals surface area contributed by atoms with Crippen molar-refractivity contribution in [2.24, 2.45) is 0 Å². The number of hydrogen-bond donors (Lipinski definition) is 0. The minimum atomic E-state index is -0.859. The van der Waals surface area contributed by atoms with E-state index in [0.29, 0.717) is 22.6 Å². The van der Waals surface area contributed by atoms with E-state index in [9.17, 15) is 14.9 Å². The third-order valence-corrected chi connectivity index (χ3v) is 4.08. The largest absolute Gasteiger partial charge is 0.497 e. The van der Waals surface area contributed by atoms with Gasteiger partial charge in [-0.05, 0) is 25.1 Å². The van der Waals surface area contributed by atoms with Crippen LogP contribution in [0, 0.1) is 17.0 Å². The lowest BCUT2D eigenvalue weighted by molar-refractivity contribution is -0.385. The first-order valence-corrected chi connectivity index (χ1v) is 8.40. The topological polar surface area (TPSA) is 127 Å². The first-order valence-electron chi connectivity index (χ1n) is 8.40. The molecule has 0 atom stereocenters. The summed E-state index contributed by atoms with van der Waals surface area (Å²) >= 11 is 0. The number of para-hydroxylation sites is 1. The summed E-state index contributed by atoms with van der Waals surface area (Å²) in [6.07, 6.45) is 0. The highest BCUT2D eigenvalue weighted by Gasteiger charge is 2.24. The van der Waals surface area contributed by atoms with Gasteiger partial charge in [-0.1, -0.05) is 17.3 Å². The van der Waals surface area contributed by atoms with Crippen LogP contribution in [0.2, 0.25) is 0 Å². The number of benzene rings is 2. The molecule has 1 heterocycles. The number of aromatic nitrogens is 2. The summed E-state index contributed by atoms with van der Waals surface area (Å²) in [5.74, 6) is 0.480. The normalized spacial score (nSPS) is 10.4. The zero-order valence-electron chi connectivity index (χ0n) is 15.9. The van der Waals surface area contributed by atoms with E-state index in [-0.39, 0.29) is 29.6 Å². The van der Waals surface area contributed by atoms with Crippen molar-refractivity contribution in [3.8, 4) is 22.9 Å². The van der Waals surface area contributed by atoms with Gasteiger partial charge in [-0.25, -0.2) is 4.79 Å². The number of ether oxygens (including phenoxy) is 3. The molecule has 150 valence electrons. The molecule has 0 N–H and O–H groups in total. The minimum absolute atomic E-state index is 0.0292. The van der Waals surface area contributed by atoms with E-state index in [1.54, 1.807) is 37.3 Å². The average molecular weight is 399 g/mol. The molecule has 1 aromatic heterocycles. The third kappa shape index (κ3) is 4.15. The van der Waals surface area contributed by atoms with Gasteiger partial charge >= 0.3 is 5.97 Å². The predicted octanol–water partition coefficient (Wildman–Crippen LogP) is 3.33. The molecule has 0 radical (unpaired) electrons. The van der Waals surface area contributed by atoms with Gasteiger partial charge in [0.05, 0.1) is 24.7 Å². The van der Waals surface area contributed by atoms with Crippen molar-refractivity contribution in [3.05, 3.63) is 63.5 Å². The molecule has 0 amide bonds. The van der Waals surface area contributed by atoms with Gasteiger partial charge in [-0.15, -0.1) is 0 Å². The number of carbonyl (C=O) groups is 1. The van der Waals surface area contributed by atoms with E-state index < -0.39 is 10.9 Å². The summed E-state index contributed by atoms with van der Waals surface area (Å²) < 4.78 is 20.7. The van der Waals surface area contributed by atoms with Crippen LogP contribution in [0.5, 0.6) is 11.5 Å². The van der Waals surface area contributed by atoms with Crippen LogP contribution in [0.4, 0.5) is 5.69 Å². The number of nitro groups is 1. The molecule has 3 aromatic rings. The molecule has 0 aliphatic heterocycles. The second-order valence-electron chi connectivity index (χ2n) is 5.88. The Balaban J connectivity index is 1.76. The summed E-state index contributed by atoms with van der Waals surface area (Å²) in [5.41, 5.74) is 0.471. The Morgan fingerprint density at radius 1 is 1.21 bits per heavy atom. The second-order valence-corrected chi connectivity index (χ2v) is 5.88. The Labute approximate surface area is 165 Å². The van der Waals surface area contributed by atoms with Crippen LogP contribution in [0.25, 0.3) is 11.4 Å². The fourth-order valence-corrected chi connectivity index (χ4v) is 2.68. The first kappa shape index (κ1) is 19.8. The van der Waals surface area contributed by atoms with Gasteiger partial charge in [0.2, 0.25) is 5.82 Å². The molecule has 0 fully saturated rings. The predicted molar refractivity (Wildman–Crippen MR) is 99.8 cm³/mol. The zero-order chi connectivity index (χ0) is 21.0. The third-order valence-electron chi connectivity index (χ3n) is 4.08. The molecule has 0 saturated heterocycles. The molecule has 3 rings (SSSR count). The number of esters is 1. The Bertz CT molecular complexity index is 1060. The smallest absolute Gasteiger partial charge is 0.345 e. The van der Waals surface area contributed by atoms with Crippen LogP contribution < -0.4 is 9.47 Å². The maximum Gasteiger partial charge on any atom is 0.345 e. The van der Waals surface area contributed by atoms with Crippen LogP contribution in [-0.2, 0) is 11.3 Å². The molecule has 10 heteroatoms. The number of nitro benzene ring substituents is 1. The Morgan fingerprint density at radius 2 is 2.00 bits per heavy atom. The maximum absolute atomic E-state index is 12.3. The van der Waals surface area contributed by atoms with Crippen LogP contribution in [0.1, 0.15) is 21.8 Å². The van der Waals surface area contributed by atoms with E-state index >= 15 is 0 Å². The Morgan fingerprint density at radius 3 is 2.69 bits per heavy atom. The van der Waals surface area contributed by atoms with E-state index in [1.165, 1.54) is 20.3 Å². The molecule has 0 unspecified atom stereocenters. The van der Waals surface area contributed by atoms with Crippen molar-refractivity contribution in [3.63, 3.8) is 0 Å². The quantitative estimate of drug-likeness (QED) is 0.334. The molecule has 2 aromatic carbocycles. The maximum atomic E-state index is 12.3. The Hall–Kier alpha value is -3.95. The summed E-state index contributed by atoms with van der Waals surface area (Å²) in [4.78, 5) is 27.1. The SMILES string of the molecule is COc1ccc(-c2noc(COC(=O)c3cccc(C)c3[N+](=O)[O-])n2)c(OC)c1. The van der Waals surface area contributed by atoms with Crippen LogP contribution >= 0.6 is 0 Å². The standard InChI is InChI=1S/C19H17N3O7/c1-11-5-4-6-14(17(11)22(24)25)19(23)28-10-16-20-18(21-29-16)13-8-7-12(26-2)9-15(13)27-3/h4-9H,10H2,1-3H3. The van der Waals surface area contributed by atoms with Crippen LogP contribution in [0.3, 0.4) is 0 Å². The van der Waals surface area contributed by atoms with Crippen molar-refractivity contribution in [2.75, 3.05) is 14.2 Å². The molecule has 0 aliphatic carbocycles. The Kier molecular flexibility index (Phi) is 5.72. The highest BCUT2D eigenvalue weighted by molar-refractivity contribution is 5.94. The highest BCUT2D eigenvalue weighted by atomic mass is 16.6. The molecule has 10 nitrogen and oxygen atoms in total. The van der Waals surface area contributed by atoms with Crippen LogP contribution in [0.15, 0.2) is 40.9 Å². The molecule has 0 bridgehead atoms. The molecule has 0 spiro atoms. The van der Waals surface area contributed by atoms with E-state index in [2.05, 4.69) is 10.1 Å². The lowest BCUT2D eigenvalue weighted by atomic mass is 10.1. The van der Waals surface area contributed by atoms with Crippen molar-refractivity contribution in [2.45, 2.75) is 13.5 Å². The van der Waals surface area contributed by atoms with Gasteiger partial charge in [-0.2, -0.15) is 4.98 Å². The van der Waals surface area contributed by atoms with Gasteiger partial charge < -0.3 is 18.7 Å². The van der Waals surface area contributed by atoms with Gasteiger partial charge in [0.25, 0.3) is 11.6 Å².